The quantitative estimate of drug-likeness (QED) is 0.842. The van der Waals surface area contributed by atoms with Crippen LogP contribution in [0.1, 0.15) is 54.7 Å². The minimum Gasteiger partial charge on any atom is -0.349 e. The standard InChI is InChI=1S/C22H27FN4O2/c1-15-24-10-12-26(15)11-9-21(28)27-19-3-2-4-20(27)14-18(13-19)25-22(29)16-5-7-17(23)8-6-16/h5-8,10,12,18-20H,2-4,9,11,13-14H2,1H3,(H,25,29)/t18?,19-,20+. The molecular weight excluding hydrogens is 371 g/mol. The number of piperidine rings is 2. The maximum atomic E-state index is 13.1. The molecule has 2 aliphatic rings. The SMILES string of the molecule is Cc1nccn1CCC(=O)N1[C@@H]2CCC[C@H]1CC(NC(=O)c1ccc(F)cc1)C2. The van der Waals surface area contributed by atoms with Crippen LogP contribution in [0.4, 0.5) is 4.39 Å². The number of aryl methyl sites for hydroxylation is 2. The summed E-state index contributed by atoms with van der Waals surface area (Å²) in [6.07, 6.45) is 8.77. The third kappa shape index (κ3) is 4.33. The molecule has 2 aliphatic heterocycles. The molecule has 0 saturated carbocycles. The van der Waals surface area contributed by atoms with E-state index in [-0.39, 0.29) is 35.8 Å². The van der Waals surface area contributed by atoms with Gasteiger partial charge >= 0.3 is 0 Å². The lowest BCUT2D eigenvalue weighted by molar-refractivity contribution is -0.141. The Bertz CT molecular complexity index is 865. The van der Waals surface area contributed by atoms with Crippen molar-refractivity contribution < 1.29 is 14.0 Å². The topological polar surface area (TPSA) is 67.2 Å². The molecular formula is C22H27FN4O2. The molecule has 0 aliphatic carbocycles. The Hall–Kier alpha value is -2.70. The van der Waals surface area contributed by atoms with Crippen LogP contribution in [0, 0.1) is 12.7 Å². The molecule has 1 N–H and O–H groups in total. The number of hydrogen-bond acceptors (Lipinski definition) is 3. The Morgan fingerprint density at radius 1 is 1.17 bits per heavy atom. The summed E-state index contributed by atoms with van der Waals surface area (Å²) in [7, 11) is 0. The van der Waals surface area contributed by atoms with Gasteiger partial charge in [-0.25, -0.2) is 9.37 Å². The molecule has 154 valence electrons. The molecule has 7 heteroatoms. The Balaban J connectivity index is 1.37. The molecule has 1 aromatic carbocycles. The zero-order chi connectivity index (χ0) is 20.4. The molecule has 0 spiro atoms. The number of imidazole rings is 1. The first-order valence-corrected chi connectivity index (χ1v) is 10.4. The minimum atomic E-state index is -0.353. The van der Waals surface area contributed by atoms with Gasteiger partial charge in [0.05, 0.1) is 0 Å². The number of nitrogens with one attached hydrogen (secondary N) is 1. The zero-order valence-electron chi connectivity index (χ0n) is 16.7. The molecule has 2 saturated heterocycles. The number of amides is 2. The summed E-state index contributed by atoms with van der Waals surface area (Å²) in [4.78, 5) is 31.8. The van der Waals surface area contributed by atoms with Crippen molar-refractivity contribution in [1.29, 1.82) is 0 Å². The van der Waals surface area contributed by atoms with Crippen molar-refractivity contribution in [2.45, 2.75) is 70.1 Å². The van der Waals surface area contributed by atoms with Crippen LogP contribution in [0.15, 0.2) is 36.7 Å². The van der Waals surface area contributed by atoms with Crippen molar-refractivity contribution in [3.05, 3.63) is 53.9 Å². The highest BCUT2D eigenvalue weighted by molar-refractivity contribution is 5.94. The van der Waals surface area contributed by atoms with Gasteiger partial charge in [0.1, 0.15) is 11.6 Å². The van der Waals surface area contributed by atoms with E-state index < -0.39 is 0 Å². The summed E-state index contributed by atoms with van der Waals surface area (Å²) in [5.41, 5.74) is 0.464. The Kier molecular flexibility index (Phi) is 5.65. The number of carbonyl (C=O) groups is 2. The fourth-order valence-electron chi connectivity index (χ4n) is 4.76. The van der Waals surface area contributed by atoms with Crippen LogP contribution in [0.2, 0.25) is 0 Å². The minimum absolute atomic E-state index is 0.0443. The first-order chi connectivity index (χ1) is 14.0. The predicted octanol–water partition coefficient (Wildman–Crippen LogP) is 3.06. The van der Waals surface area contributed by atoms with Gasteiger partial charge < -0.3 is 14.8 Å². The van der Waals surface area contributed by atoms with Crippen LogP contribution in [0.3, 0.4) is 0 Å². The van der Waals surface area contributed by atoms with Gasteiger partial charge in [-0.1, -0.05) is 0 Å². The third-order valence-corrected chi connectivity index (χ3v) is 6.19. The first kappa shape index (κ1) is 19.6. The second kappa shape index (κ2) is 8.35. The van der Waals surface area contributed by atoms with Gasteiger partial charge in [0.2, 0.25) is 5.91 Å². The Morgan fingerprint density at radius 2 is 1.86 bits per heavy atom. The largest absolute Gasteiger partial charge is 0.349 e. The highest BCUT2D eigenvalue weighted by Gasteiger charge is 2.40. The van der Waals surface area contributed by atoms with Crippen molar-refractivity contribution in [3.8, 4) is 0 Å². The van der Waals surface area contributed by atoms with Crippen LogP contribution >= 0.6 is 0 Å². The molecule has 3 heterocycles. The van der Waals surface area contributed by atoms with Gasteiger partial charge in [-0.15, -0.1) is 0 Å². The second-order valence-corrected chi connectivity index (χ2v) is 8.11. The van der Waals surface area contributed by atoms with E-state index in [1.807, 2.05) is 17.7 Å². The number of fused-ring (bicyclic) bond motifs is 2. The molecule has 1 aromatic heterocycles. The highest BCUT2D eigenvalue weighted by atomic mass is 19.1. The van der Waals surface area contributed by atoms with Crippen molar-refractivity contribution >= 4 is 11.8 Å². The Morgan fingerprint density at radius 3 is 2.48 bits per heavy atom. The third-order valence-electron chi connectivity index (χ3n) is 6.19. The molecule has 2 amide bonds. The van der Waals surface area contributed by atoms with Crippen LogP contribution in [-0.2, 0) is 11.3 Å². The van der Waals surface area contributed by atoms with E-state index in [0.29, 0.717) is 18.5 Å². The van der Waals surface area contributed by atoms with E-state index in [0.717, 1.165) is 37.9 Å². The number of halogens is 1. The summed E-state index contributed by atoms with van der Waals surface area (Å²) in [5, 5.41) is 3.09. The van der Waals surface area contributed by atoms with Gasteiger partial charge in [-0.05, 0) is 63.3 Å². The Labute approximate surface area is 170 Å². The molecule has 2 fully saturated rings. The number of rotatable bonds is 5. The summed E-state index contributed by atoms with van der Waals surface area (Å²) >= 11 is 0. The van der Waals surface area contributed by atoms with Crippen LogP contribution in [-0.4, -0.2) is 44.4 Å². The molecule has 3 atom stereocenters. The van der Waals surface area contributed by atoms with E-state index in [2.05, 4.69) is 15.2 Å². The van der Waals surface area contributed by atoms with Gasteiger partial charge in [0.25, 0.3) is 5.91 Å². The fraction of sp³-hybridized carbons (Fsp3) is 0.500. The molecule has 2 aromatic rings. The fourth-order valence-corrected chi connectivity index (χ4v) is 4.76. The van der Waals surface area contributed by atoms with E-state index in [9.17, 15) is 14.0 Å². The van der Waals surface area contributed by atoms with Crippen molar-refractivity contribution in [2.75, 3.05) is 0 Å². The van der Waals surface area contributed by atoms with E-state index in [1.54, 1.807) is 6.20 Å². The van der Waals surface area contributed by atoms with Crippen molar-refractivity contribution in [1.82, 2.24) is 19.8 Å². The smallest absolute Gasteiger partial charge is 0.251 e. The normalized spacial score (nSPS) is 23.7. The maximum absolute atomic E-state index is 13.1. The van der Waals surface area contributed by atoms with Gasteiger partial charge in [0, 0.05) is 49.0 Å². The molecule has 1 unspecified atom stereocenters. The molecule has 0 radical (unpaired) electrons. The van der Waals surface area contributed by atoms with Gasteiger partial charge in [0.15, 0.2) is 0 Å². The second-order valence-electron chi connectivity index (χ2n) is 8.11. The van der Waals surface area contributed by atoms with Crippen molar-refractivity contribution in [3.63, 3.8) is 0 Å². The van der Waals surface area contributed by atoms with E-state index in [4.69, 9.17) is 0 Å². The van der Waals surface area contributed by atoms with Crippen LogP contribution in [0.5, 0.6) is 0 Å². The number of nitrogens with zero attached hydrogens (tertiary/aromatic N) is 3. The van der Waals surface area contributed by atoms with E-state index >= 15 is 0 Å². The first-order valence-electron chi connectivity index (χ1n) is 10.4. The molecule has 2 bridgehead atoms. The van der Waals surface area contributed by atoms with Gasteiger partial charge in [-0.2, -0.15) is 0 Å². The summed E-state index contributed by atoms with van der Waals surface area (Å²) in [6.45, 7) is 2.58. The van der Waals surface area contributed by atoms with Crippen LogP contribution < -0.4 is 5.32 Å². The van der Waals surface area contributed by atoms with Crippen molar-refractivity contribution in [2.24, 2.45) is 0 Å². The lowest BCUT2D eigenvalue weighted by Crippen LogP contribution is -2.58. The number of aromatic nitrogens is 2. The number of hydrogen-bond donors (Lipinski definition) is 1. The monoisotopic (exact) mass is 398 g/mol. The highest BCUT2D eigenvalue weighted by Crippen LogP contribution is 2.34. The lowest BCUT2D eigenvalue weighted by atomic mass is 9.81. The summed E-state index contributed by atoms with van der Waals surface area (Å²) < 4.78 is 15.1. The average Bonchev–Trinajstić information content (AvgIpc) is 3.10. The predicted molar refractivity (Wildman–Crippen MR) is 107 cm³/mol. The number of carbonyl (C=O) groups excluding carboxylic acids is 2. The summed E-state index contributed by atoms with van der Waals surface area (Å²) in [5.74, 6) is 0.577. The zero-order valence-corrected chi connectivity index (χ0v) is 16.7. The maximum Gasteiger partial charge on any atom is 0.251 e. The summed E-state index contributed by atoms with van der Waals surface area (Å²) in [6, 6.07) is 6.00. The lowest BCUT2D eigenvalue weighted by Gasteiger charge is -2.49. The van der Waals surface area contributed by atoms with Crippen LogP contribution in [0.25, 0.3) is 0 Å². The average molecular weight is 398 g/mol. The number of benzene rings is 1. The van der Waals surface area contributed by atoms with E-state index in [1.165, 1.54) is 24.3 Å². The molecule has 29 heavy (non-hydrogen) atoms. The molecule has 6 nitrogen and oxygen atoms in total. The van der Waals surface area contributed by atoms with Gasteiger partial charge in [-0.3, -0.25) is 9.59 Å². The molecule has 4 rings (SSSR count).